The van der Waals surface area contributed by atoms with E-state index in [9.17, 15) is 0 Å². The molecule has 1 fully saturated rings. The largest absolute Gasteiger partial charge is 0.311 e. The fourth-order valence-corrected chi connectivity index (χ4v) is 3.49. The summed E-state index contributed by atoms with van der Waals surface area (Å²) in [6, 6.07) is 11.4. The van der Waals surface area contributed by atoms with Crippen LogP contribution in [-0.2, 0) is 6.54 Å². The monoisotopic (exact) mass is 327 g/mol. The number of aromatic amines is 1. The van der Waals surface area contributed by atoms with Crippen molar-refractivity contribution >= 4 is 0 Å². The van der Waals surface area contributed by atoms with Crippen LogP contribution in [0.15, 0.2) is 30.3 Å². The lowest BCUT2D eigenvalue weighted by atomic mass is 10.0. The summed E-state index contributed by atoms with van der Waals surface area (Å²) in [6.07, 6.45) is 0. The quantitative estimate of drug-likeness (QED) is 0.798. The third-order valence-corrected chi connectivity index (χ3v) is 5.04. The van der Waals surface area contributed by atoms with Gasteiger partial charge in [0.1, 0.15) is 0 Å². The minimum Gasteiger partial charge on any atom is -0.311 e. The van der Waals surface area contributed by atoms with Crippen molar-refractivity contribution in [3.05, 3.63) is 52.8 Å². The lowest BCUT2D eigenvalue weighted by Crippen LogP contribution is -2.48. The van der Waals surface area contributed by atoms with Gasteiger partial charge in [-0.2, -0.15) is 5.10 Å². The van der Waals surface area contributed by atoms with Crippen LogP contribution in [0.3, 0.4) is 0 Å². The molecule has 2 aromatic rings. The van der Waals surface area contributed by atoms with Crippen LogP contribution in [0.2, 0.25) is 0 Å². The summed E-state index contributed by atoms with van der Waals surface area (Å²) in [7, 11) is 2.22. The highest BCUT2D eigenvalue weighted by Gasteiger charge is 2.25. The molecule has 5 nitrogen and oxygen atoms in total. The van der Waals surface area contributed by atoms with Gasteiger partial charge in [0.25, 0.3) is 0 Å². The number of benzene rings is 1. The summed E-state index contributed by atoms with van der Waals surface area (Å²) in [5, 5.41) is 10.9. The molecule has 2 heterocycles. The summed E-state index contributed by atoms with van der Waals surface area (Å²) >= 11 is 0. The predicted molar refractivity (Wildman–Crippen MR) is 98.0 cm³/mol. The maximum absolute atomic E-state index is 4.26. The molecule has 0 radical (unpaired) electrons. The van der Waals surface area contributed by atoms with E-state index < -0.39 is 0 Å². The zero-order chi connectivity index (χ0) is 16.9. The Balaban J connectivity index is 1.55. The first-order valence-corrected chi connectivity index (χ1v) is 8.84. The molecule has 0 amide bonds. The Kier molecular flexibility index (Phi) is 5.66. The molecule has 24 heavy (non-hydrogen) atoms. The summed E-state index contributed by atoms with van der Waals surface area (Å²) in [4.78, 5) is 5.04. The fraction of sp³-hybridized carbons (Fsp3) is 0.526. The summed E-state index contributed by atoms with van der Waals surface area (Å²) in [6.45, 7) is 10.5. The van der Waals surface area contributed by atoms with E-state index in [0.29, 0.717) is 6.04 Å². The van der Waals surface area contributed by atoms with Crippen molar-refractivity contribution in [1.82, 2.24) is 25.3 Å². The standard InChI is InChI=1S/C19H29N5/c1-15-18(16(2)22-21-15)13-20-9-10-24-12-11-23(3)14-19(24)17-7-5-4-6-8-17/h4-8,19-20H,9-14H2,1-3H3,(H,21,22)/t19-/m0/s1. The van der Waals surface area contributed by atoms with Crippen molar-refractivity contribution in [2.24, 2.45) is 0 Å². The van der Waals surface area contributed by atoms with Crippen LogP contribution in [0.4, 0.5) is 0 Å². The van der Waals surface area contributed by atoms with E-state index in [4.69, 9.17) is 0 Å². The number of nitrogens with one attached hydrogen (secondary N) is 2. The van der Waals surface area contributed by atoms with E-state index >= 15 is 0 Å². The minimum absolute atomic E-state index is 0.490. The molecule has 1 aromatic carbocycles. The molecule has 5 heteroatoms. The number of piperazine rings is 1. The Morgan fingerprint density at radius 2 is 2.00 bits per heavy atom. The molecule has 130 valence electrons. The van der Waals surface area contributed by atoms with Crippen molar-refractivity contribution in [1.29, 1.82) is 0 Å². The van der Waals surface area contributed by atoms with Crippen LogP contribution in [0, 0.1) is 13.8 Å². The van der Waals surface area contributed by atoms with Gasteiger partial charge in [0.15, 0.2) is 0 Å². The predicted octanol–water partition coefficient (Wildman–Crippen LogP) is 2.10. The van der Waals surface area contributed by atoms with Crippen molar-refractivity contribution in [3.63, 3.8) is 0 Å². The number of aryl methyl sites for hydroxylation is 2. The molecule has 1 atom stereocenters. The number of hydrogen-bond donors (Lipinski definition) is 2. The van der Waals surface area contributed by atoms with E-state index in [0.717, 1.165) is 45.0 Å². The van der Waals surface area contributed by atoms with Gasteiger partial charge in [-0.05, 0) is 26.5 Å². The molecular weight excluding hydrogens is 298 g/mol. The molecule has 1 aromatic heterocycles. The molecule has 2 N–H and O–H groups in total. The average molecular weight is 327 g/mol. The van der Waals surface area contributed by atoms with E-state index in [1.54, 1.807) is 0 Å². The van der Waals surface area contributed by atoms with Crippen molar-refractivity contribution in [2.75, 3.05) is 39.8 Å². The summed E-state index contributed by atoms with van der Waals surface area (Å²) < 4.78 is 0. The SMILES string of the molecule is Cc1n[nH]c(C)c1CNCCN1CCN(C)C[C@H]1c1ccccc1. The third-order valence-electron chi connectivity index (χ3n) is 5.04. The van der Waals surface area contributed by atoms with Gasteiger partial charge in [0, 0.05) is 56.6 Å². The number of H-pyrrole nitrogens is 1. The second kappa shape index (κ2) is 7.92. The van der Waals surface area contributed by atoms with Gasteiger partial charge in [0.2, 0.25) is 0 Å². The molecule has 1 saturated heterocycles. The van der Waals surface area contributed by atoms with Crippen molar-refractivity contribution in [3.8, 4) is 0 Å². The van der Waals surface area contributed by atoms with Crippen LogP contribution < -0.4 is 5.32 Å². The lowest BCUT2D eigenvalue weighted by Gasteiger charge is -2.40. The molecule has 1 aliphatic rings. The van der Waals surface area contributed by atoms with Crippen LogP contribution in [-0.4, -0.2) is 59.8 Å². The van der Waals surface area contributed by atoms with Crippen LogP contribution in [0.1, 0.15) is 28.6 Å². The average Bonchev–Trinajstić information content (AvgIpc) is 2.92. The van der Waals surface area contributed by atoms with Crippen molar-refractivity contribution < 1.29 is 0 Å². The molecule has 1 aliphatic heterocycles. The Labute approximate surface area is 145 Å². The van der Waals surface area contributed by atoms with Crippen molar-refractivity contribution in [2.45, 2.75) is 26.4 Å². The summed E-state index contributed by atoms with van der Waals surface area (Å²) in [5.41, 5.74) is 4.99. The smallest absolute Gasteiger partial charge is 0.0638 e. The Morgan fingerprint density at radius 1 is 1.21 bits per heavy atom. The molecular formula is C19H29N5. The second-order valence-electron chi connectivity index (χ2n) is 6.81. The van der Waals surface area contributed by atoms with Gasteiger partial charge >= 0.3 is 0 Å². The molecule has 0 saturated carbocycles. The first-order valence-electron chi connectivity index (χ1n) is 8.84. The van der Waals surface area contributed by atoms with Crippen LogP contribution in [0.25, 0.3) is 0 Å². The minimum atomic E-state index is 0.490. The van der Waals surface area contributed by atoms with E-state index in [-0.39, 0.29) is 0 Å². The van der Waals surface area contributed by atoms with Gasteiger partial charge in [-0.1, -0.05) is 30.3 Å². The highest BCUT2D eigenvalue weighted by Crippen LogP contribution is 2.24. The number of hydrogen-bond acceptors (Lipinski definition) is 4. The van der Waals surface area contributed by atoms with E-state index in [1.165, 1.54) is 16.8 Å². The highest BCUT2D eigenvalue weighted by molar-refractivity contribution is 5.23. The number of aromatic nitrogens is 2. The lowest BCUT2D eigenvalue weighted by molar-refractivity contribution is 0.0906. The molecule has 0 aliphatic carbocycles. The number of nitrogens with zero attached hydrogens (tertiary/aromatic N) is 3. The van der Waals surface area contributed by atoms with Gasteiger partial charge in [-0.3, -0.25) is 10.00 Å². The third kappa shape index (κ3) is 4.04. The van der Waals surface area contributed by atoms with Gasteiger partial charge in [0.05, 0.1) is 5.69 Å². The topological polar surface area (TPSA) is 47.2 Å². The normalized spacial score (nSPS) is 19.7. The van der Waals surface area contributed by atoms with Crippen LogP contribution in [0.5, 0.6) is 0 Å². The Hall–Kier alpha value is -1.69. The summed E-state index contributed by atoms with van der Waals surface area (Å²) in [5.74, 6) is 0. The fourth-order valence-electron chi connectivity index (χ4n) is 3.49. The zero-order valence-corrected chi connectivity index (χ0v) is 15.0. The highest BCUT2D eigenvalue weighted by atomic mass is 15.3. The molecule has 0 unspecified atom stereocenters. The maximum Gasteiger partial charge on any atom is 0.0638 e. The van der Waals surface area contributed by atoms with Gasteiger partial charge in [-0.15, -0.1) is 0 Å². The molecule has 0 bridgehead atoms. The Morgan fingerprint density at radius 3 is 2.71 bits per heavy atom. The Bertz CT molecular complexity index is 617. The van der Waals surface area contributed by atoms with Gasteiger partial charge < -0.3 is 10.2 Å². The molecule has 0 spiro atoms. The first-order chi connectivity index (χ1) is 11.6. The van der Waals surface area contributed by atoms with Gasteiger partial charge in [-0.25, -0.2) is 0 Å². The maximum atomic E-state index is 4.26. The zero-order valence-electron chi connectivity index (χ0n) is 15.0. The molecule has 3 rings (SSSR count). The second-order valence-corrected chi connectivity index (χ2v) is 6.81. The number of likely N-dealkylation sites (N-methyl/N-ethyl adjacent to an activating group) is 1. The first kappa shape index (κ1) is 17.1. The van der Waals surface area contributed by atoms with Crippen LogP contribution >= 0.6 is 0 Å². The van der Waals surface area contributed by atoms with E-state index in [1.807, 2.05) is 0 Å². The van der Waals surface area contributed by atoms with E-state index in [2.05, 4.69) is 76.5 Å². The number of rotatable bonds is 6.